The molecule has 0 heterocycles. The zero-order valence-corrected chi connectivity index (χ0v) is 6.02. The van der Waals surface area contributed by atoms with Crippen LogP contribution in [0.4, 0.5) is 0 Å². The maximum Gasteiger partial charge on any atom is 0.0845 e. The van der Waals surface area contributed by atoms with Crippen LogP contribution in [0.3, 0.4) is 0 Å². The summed E-state index contributed by atoms with van der Waals surface area (Å²) < 4.78 is 5.16. The quantitative estimate of drug-likeness (QED) is 0.516. The van der Waals surface area contributed by atoms with E-state index in [-0.39, 0.29) is 0 Å². The van der Waals surface area contributed by atoms with Crippen molar-refractivity contribution in [3.63, 3.8) is 0 Å². The van der Waals surface area contributed by atoms with Crippen molar-refractivity contribution >= 4 is 0 Å². The van der Waals surface area contributed by atoms with Crippen LogP contribution in [0.5, 0.6) is 0 Å². The molecule has 1 rings (SSSR count). The van der Waals surface area contributed by atoms with Crippen molar-refractivity contribution in [1.29, 1.82) is 0 Å². The van der Waals surface area contributed by atoms with Gasteiger partial charge in [-0.15, -0.1) is 0 Å². The molecule has 1 fully saturated rings. The summed E-state index contributed by atoms with van der Waals surface area (Å²) in [6.07, 6.45) is 7.19. The topological polar surface area (TPSA) is 9.23 Å². The monoisotopic (exact) mass is 126 g/mol. The van der Waals surface area contributed by atoms with Crippen molar-refractivity contribution in [2.75, 3.05) is 6.61 Å². The van der Waals surface area contributed by atoms with E-state index in [9.17, 15) is 0 Å². The van der Waals surface area contributed by atoms with Gasteiger partial charge in [0, 0.05) is 0 Å². The minimum Gasteiger partial charge on any atom is -0.502 e. The molecule has 0 amide bonds. The lowest BCUT2D eigenvalue weighted by atomic mass is 10.3. The molecule has 1 nitrogen and oxygen atoms in total. The average Bonchev–Trinajstić information content (AvgIpc) is 2.34. The third-order valence-corrected chi connectivity index (χ3v) is 1.66. The maximum atomic E-state index is 5.16. The summed E-state index contributed by atoms with van der Waals surface area (Å²) in [5, 5.41) is 0. The first-order chi connectivity index (χ1) is 4.43. The fourth-order valence-corrected chi connectivity index (χ4v) is 1.15. The number of hydrogen-bond donors (Lipinski definition) is 0. The van der Waals surface area contributed by atoms with Crippen molar-refractivity contribution in [1.82, 2.24) is 0 Å². The minimum absolute atomic E-state index is 0.809. The second-order valence-electron chi connectivity index (χ2n) is 2.44. The Balaban J connectivity index is 2.22. The van der Waals surface area contributed by atoms with Crippen molar-refractivity contribution in [3.8, 4) is 0 Å². The molecule has 0 radical (unpaired) electrons. The molecule has 0 aromatic carbocycles. The molecule has 0 atom stereocenters. The van der Waals surface area contributed by atoms with E-state index >= 15 is 0 Å². The Hall–Kier alpha value is -0.460. The van der Waals surface area contributed by atoms with Crippen LogP contribution >= 0.6 is 0 Å². The maximum absolute atomic E-state index is 5.16. The van der Waals surface area contributed by atoms with Crippen LogP contribution < -0.4 is 0 Å². The van der Waals surface area contributed by atoms with Gasteiger partial charge >= 0.3 is 0 Å². The van der Waals surface area contributed by atoms with Crippen LogP contribution in [-0.4, -0.2) is 6.61 Å². The predicted octanol–water partition coefficient (Wildman–Crippen LogP) is 2.48. The summed E-state index contributed by atoms with van der Waals surface area (Å²) in [5.41, 5.74) is 1.50. The zero-order valence-electron chi connectivity index (χ0n) is 6.02. The van der Waals surface area contributed by atoms with Gasteiger partial charge in [-0.2, -0.15) is 0 Å². The highest BCUT2D eigenvalue weighted by Gasteiger charge is 2.05. The zero-order chi connectivity index (χ0) is 6.53. The Morgan fingerprint density at radius 3 is 2.67 bits per heavy atom. The lowest BCUT2D eigenvalue weighted by Gasteiger charge is -1.95. The number of hydrogen-bond acceptors (Lipinski definition) is 1. The molecule has 1 aliphatic rings. The Bertz CT molecular complexity index is 97.1. The first-order valence-corrected chi connectivity index (χ1v) is 3.73. The van der Waals surface area contributed by atoms with E-state index in [1.165, 1.54) is 31.3 Å². The van der Waals surface area contributed by atoms with E-state index in [1.54, 1.807) is 0 Å². The summed E-state index contributed by atoms with van der Waals surface area (Å²) in [7, 11) is 0. The second-order valence-corrected chi connectivity index (χ2v) is 2.44. The fraction of sp³-hybridized carbons (Fsp3) is 0.750. The fourth-order valence-electron chi connectivity index (χ4n) is 1.15. The molecule has 9 heavy (non-hydrogen) atoms. The van der Waals surface area contributed by atoms with E-state index in [0.29, 0.717) is 0 Å². The highest BCUT2D eigenvalue weighted by atomic mass is 16.5. The highest BCUT2D eigenvalue weighted by Crippen LogP contribution is 2.23. The largest absolute Gasteiger partial charge is 0.502 e. The smallest absolute Gasteiger partial charge is 0.0845 e. The van der Waals surface area contributed by atoms with Gasteiger partial charge in [-0.3, -0.25) is 0 Å². The molecule has 0 N–H and O–H groups in total. The molecule has 0 spiro atoms. The van der Waals surface area contributed by atoms with Gasteiger partial charge in [0.25, 0.3) is 0 Å². The van der Waals surface area contributed by atoms with Crippen molar-refractivity contribution in [2.45, 2.75) is 32.6 Å². The Labute approximate surface area is 56.7 Å². The first-order valence-electron chi connectivity index (χ1n) is 3.73. The predicted molar refractivity (Wildman–Crippen MR) is 38.2 cm³/mol. The molecule has 0 aromatic rings. The number of allylic oxidation sites excluding steroid dienone is 1. The molecule has 0 saturated heterocycles. The third kappa shape index (κ3) is 2.08. The van der Waals surface area contributed by atoms with Crippen LogP contribution in [0.15, 0.2) is 11.8 Å². The third-order valence-electron chi connectivity index (χ3n) is 1.66. The summed E-state index contributed by atoms with van der Waals surface area (Å²) in [5.74, 6) is 0. The molecule has 0 bridgehead atoms. The van der Waals surface area contributed by atoms with Gasteiger partial charge in [-0.1, -0.05) is 0 Å². The van der Waals surface area contributed by atoms with Gasteiger partial charge in [0.05, 0.1) is 12.9 Å². The second kappa shape index (κ2) is 3.54. The molecular formula is C8H14O. The molecule has 52 valence electrons. The summed E-state index contributed by atoms with van der Waals surface area (Å²) in [6, 6.07) is 0. The summed E-state index contributed by atoms with van der Waals surface area (Å²) in [4.78, 5) is 0. The van der Waals surface area contributed by atoms with Gasteiger partial charge < -0.3 is 4.74 Å². The number of ether oxygens (including phenoxy) is 1. The summed E-state index contributed by atoms with van der Waals surface area (Å²) in [6.45, 7) is 2.83. The van der Waals surface area contributed by atoms with Crippen molar-refractivity contribution in [3.05, 3.63) is 11.8 Å². The van der Waals surface area contributed by atoms with E-state index in [2.05, 4.69) is 0 Å². The molecule has 0 unspecified atom stereocenters. The summed E-state index contributed by atoms with van der Waals surface area (Å²) >= 11 is 0. The minimum atomic E-state index is 0.809. The molecule has 0 aromatic heterocycles. The average molecular weight is 126 g/mol. The Morgan fingerprint density at radius 2 is 2.11 bits per heavy atom. The van der Waals surface area contributed by atoms with Gasteiger partial charge in [0.1, 0.15) is 0 Å². The van der Waals surface area contributed by atoms with Gasteiger partial charge in [0.15, 0.2) is 0 Å². The molecule has 1 aliphatic carbocycles. The van der Waals surface area contributed by atoms with E-state index in [0.717, 1.165) is 6.61 Å². The standard InChI is InChI=1S/C8H14O/c1-2-9-7-8-5-3-4-6-8/h7H,2-6H2,1H3. The van der Waals surface area contributed by atoms with Gasteiger partial charge in [0.2, 0.25) is 0 Å². The molecular weight excluding hydrogens is 112 g/mol. The highest BCUT2D eigenvalue weighted by molar-refractivity contribution is 5.01. The Kier molecular flexibility index (Phi) is 2.62. The van der Waals surface area contributed by atoms with Crippen LogP contribution in [0.25, 0.3) is 0 Å². The van der Waals surface area contributed by atoms with Gasteiger partial charge in [-0.25, -0.2) is 0 Å². The molecule has 1 heteroatoms. The van der Waals surface area contributed by atoms with Crippen molar-refractivity contribution < 1.29 is 4.74 Å². The van der Waals surface area contributed by atoms with Crippen LogP contribution in [0.2, 0.25) is 0 Å². The van der Waals surface area contributed by atoms with Crippen molar-refractivity contribution in [2.24, 2.45) is 0 Å². The van der Waals surface area contributed by atoms with Crippen LogP contribution in [0, 0.1) is 0 Å². The van der Waals surface area contributed by atoms with E-state index in [4.69, 9.17) is 4.74 Å². The normalized spacial score (nSPS) is 18.1. The Morgan fingerprint density at radius 1 is 1.44 bits per heavy atom. The van der Waals surface area contributed by atoms with Crippen LogP contribution in [0.1, 0.15) is 32.6 Å². The van der Waals surface area contributed by atoms with Crippen LogP contribution in [-0.2, 0) is 4.74 Å². The van der Waals surface area contributed by atoms with E-state index in [1.807, 2.05) is 13.2 Å². The molecule has 0 aliphatic heterocycles. The number of rotatable bonds is 2. The lowest BCUT2D eigenvalue weighted by molar-refractivity contribution is 0.265. The van der Waals surface area contributed by atoms with Gasteiger partial charge in [-0.05, 0) is 38.2 Å². The first kappa shape index (κ1) is 6.66. The van der Waals surface area contributed by atoms with E-state index < -0.39 is 0 Å². The molecule has 1 saturated carbocycles. The SMILES string of the molecule is CCOC=C1CCCC1. The lowest BCUT2D eigenvalue weighted by Crippen LogP contribution is -1.80.